The van der Waals surface area contributed by atoms with E-state index in [2.05, 4.69) is 26.0 Å². The Morgan fingerprint density at radius 2 is 1.76 bits per heavy atom. The van der Waals surface area contributed by atoms with E-state index in [1.54, 1.807) is 12.1 Å². The van der Waals surface area contributed by atoms with Crippen molar-refractivity contribution in [2.24, 2.45) is 0 Å². The van der Waals surface area contributed by atoms with Crippen molar-refractivity contribution in [1.82, 2.24) is 0 Å². The Hall–Kier alpha value is -1.67. The SMILES string of the molecule is CC(C)c1ccc(CC(C(=O)Cl)c2cccc(F)c2)cc1. The summed E-state index contributed by atoms with van der Waals surface area (Å²) in [5, 5.41) is -0.464. The van der Waals surface area contributed by atoms with E-state index in [0.717, 1.165) is 5.56 Å². The van der Waals surface area contributed by atoms with Crippen LogP contribution in [0.15, 0.2) is 48.5 Å². The standard InChI is InChI=1S/C18H18ClFO/c1-12(2)14-8-6-13(7-9-14)10-17(18(19)21)15-4-3-5-16(20)11-15/h3-9,11-12,17H,10H2,1-2H3. The number of carbonyl (C=O) groups excluding carboxylic acids is 1. The first-order valence-corrected chi connectivity index (χ1v) is 7.39. The van der Waals surface area contributed by atoms with Crippen molar-refractivity contribution in [3.8, 4) is 0 Å². The molecule has 0 amide bonds. The molecule has 2 aromatic carbocycles. The molecule has 1 atom stereocenters. The van der Waals surface area contributed by atoms with Gasteiger partial charge in [0, 0.05) is 0 Å². The zero-order valence-electron chi connectivity index (χ0n) is 12.1. The van der Waals surface area contributed by atoms with Crippen molar-refractivity contribution in [3.63, 3.8) is 0 Å². The molecule has 0 heterocycles. The molecule has 0 N–H and O–H groups in total. The van der Waals surface area contributed by atoms with Gasteiger partial charge in [0.25, 0.3) is 0 Å². The molecule has 1 unspecified atom stereocenters. The monoisotopic (exact) mass is 304 g/mol. The van der Waals surface area contributed by atoms with E-state index in [9.17, 15) is 9.18 Å². The van der Waals surface area contributed by atoms with Crippen LogP contribution in [-0.2, 0) is 11.2 Å². The van der Waals surface area contributed by atoms with Crippen LogP contribution in [0.1, 0.15) is 42.4 Å². The van der Waals surface area contributed by atoms with Crippen molar-refractivity contribution in [2.45, 2.75) is 32.1 Å². The smallest absolute Gasteiger partial charge is 0.229 e. The van der Waals surface area contributed by atoms with Crippen LogP contribution in [0.3, 0.4) is 0 Å². The molecule has 0 saturated heterocycles. The third-order valence-corrected chi connectivity index (χ3v) is 3.87. The molecule has 2 rings (SSSR count). The van der Waals surface area contributed by atoms with Gasteiger partial charge in [-0.25, -0.2) is 4.39 Å². The highest BCUT2D eigenvalue weighted by atomic mass is 35.5. The zero-order valence-corrected chi connectivity index (χ0v) is 12.9. The Morgan fingerprint density at radius 1 is 1.10 bits per heavy atom. The minimum atomic E-state index is -0.521. The van der Waals surface area contributed by atoms with Gasteiger partial charge in [0.2, 0.25) is 5.24 Å². The van der Waals surface area contributed by atoms with Crippen LogP contribution in [0.25, 0.3) is 0 Å². The van der Waals surface area contributed by atoms with Gasteiger partial charge in [0.15, 0.2) is 0 Å². The normalized spacial score (nSPS) is 12.4. The molecule has 0 bridgehead atoms. The van der Waals surface area contributed by atoms with E-state index in [4.69, 9.17) is 11.6 Å². The van der Waals surface area contributed by atoms with Crippen molar-refractivity contribution in [2.75, 3.05) is 0 Å². The van der Waals surface area contributed by atoms with Crippen LogP contribution in [0.5, 0.6) is 0 Å². The second-order valence-electron chi connectivity index (χ2n) is 5.51. The first-order valence-electron chi connectivity index (χ1n) is 7.01. The van der Waals surface area contributed by atoms with Gasteiger partial charge in [-0.15, -0.1) is 0 Å². The van der Waals surface area contributed by atoms with Crippen LogP contribution in [0.2, 0.25) is 0 Å². The summed E-state index contributed by atoms with van der Waals surface area (Å²) >= 11 is 5.70. The van der Waals surface area contributed by atoms with Crippen LogP contribution >= 0.6 is 11.6 Å². The summed E-state index contributed by atoms with van der Waals surface area (Å²) in [4.78, 5) is 11.7. The number of rotatable bonds is 5. The zero-order chi connectivity index (χ0) is 15.4. The molecule has 0 aromatic heterocycles. The largest absolute Gasteiger partial charge is 0.281 e. The lowest BCUT2D eigenvalue weighted by atomic mass is 9.92. The van der Waals surface area contributed by atoms with Gasteiger partial charge >= 0.3 is 0 Å². The minimum absolute atomic E-state index is 0.356. The molecule has 0 aliphatic heterocycles. The number of benzene rings is 2. The first kappa shape index (κ1) is 15.7. The molecule has 0 spiro atoms. The van der Waals surface area contributed by atoms with Crippen LogP contribution < -0.4 is 0 Å². The maximum atomic E-state index is 13.3. The fourth-order valence-electron chi connectivity index (χ4n) is 2.33. The van der Waals surface area contributed by atoms with E-state index < -0.39 is 11.2 Å². The lowest BCUT2D eigenvalue weighted by molar-refractivity contribution is -0.113. The summed E-state index contributed by atoms with van der Waals surface area (Å²) in [5.41, 5.74) is 2.88. The third kappa shape index (κ3) is 4.15. The average molecular weight is 305 g/mol. The molecule has 2 aromatic rings. The van der Waals surface area contributed by atoms with Gasteiger partial charge < -0.3 is 0 Å². The number of carbonyl (C=O) groups is 1. The first-order chi connectivity index (χ1) is 9.97. The van der Waals surface area contributed by atoms with E-state index >= 15 is 0 Å². The van der Waals surface area contributed by atoms with Crippen molar-refractivity contribution < 1.29 is 9.18 Å². The highest BCUT2D eigenvalue weighted by molar-refractivity contribution is 6.64. The quantitative estimate of drug-likeness (QED) is 0.707. The van der Waals surface area contributed by atoms with Crippen LogP contribution in [-0.4, -0.2) is 5.24 Å². The lowest BCUT2D eigenvalue weighted by Crippen LogP contribution is -2.10. The summed E-state index contributed by atoms with van der Waals surface area (Å²) < 4.78 is 13.3. The maximum absolute atomic E-state index is 13.3. The second kappa shape index (κ2) is 6.86. The van der Waals surface area contributed by atoms with Crippen LogP contribution in [0.4, 0.5) is 4.39 Å². The maximum Gasteiger partial charge on any atom is 0.229 e. The van der Waals surface area contributed by atoms with Gasteiger partial charge in [0.05, 0.1) is 5.92 Å². The summed E-state index contributed by atoms with van der Waals surface area (Å²) in [5.74, 6) is -0.412. The molecule has 0 aliphatic carbocycles. The molecular weight excluding hydrogens is 287 g/mol. The van der Waals surface area contributed by atoms with Gasteiger partial charge in [-0.05, 0) is 52.8 Å². The summed E-state index contributed by atoms with van der Waals surface area (Å²) in [6, 6.07) is 14.2. The average Bonchev–Trinajstić information content (AvgIpc) is 2.45. The number of halogens is 2. The number of hydrogen-bond donors (Lipinski definition) is 0. The molecule has 0 saturated carbocycles. The molecular formula is C18H18ClFO. The van der Waals surface area contributed by atoms with Crippen molar-refractivity contribution >= 4 is 16.8 Å². The predicted octanol–water partition coefficient (Wildman–Crippen LogP) is 5.04. The fraction of sp³-hybridized carbons (Fsp3) is 0.278. The van der Waals surface area contributed by atoms with E-state index in [0.29, 0.717) is 17.9 Å². The lowest BCUT2D eigenvalue weighted by Gasteiger charge is -2.14. The molecule has 0 aliphatic rings. The Balaban J connectivity index is 2.22. The van der Waals surface area contributed by atoms with Crippen LogP contribution in [0, 0.1) is 5.82 Å². The van der Waals surface area contributed by atoms with Gasteiger partial charge in [0.1, 0.15) is 5.82 Å². The highest BCUT2D eigenvalue weighted by Crippen LogP contribution is 2.25. The Kier molecular flexibility index (Phi) is 5.13. The topological polar surface area (TPSA) is 17.1 Å². The van der Waals surface area contributed by atoms with Gasteiger partial charge in [-0.2, -0.15) is 0 Å². The third-order valence-electron chi connectivity index (χ3n) is 3.61. The summed E-state index contributed by atoms with van der Waals surface area (Å²) in [6.45, 7) is 4.26. The molecule has 110 valence electrons. The summed E-state index contributed by atoms with van der Waals surface area (Å²) in [6.07, 6.45) is 0.476. The van der Waals surface area contributed by atoms with Crippen molar-refractivity contribution in [3.05, 3.63) is 71.0 Å². The molecule has 1 nitrogen and oxygen atoms in total. The fourth-order valence-corrected chi connectivity index (χ4v) is 2.53. The predicted molar refractivity (Wildman–Crippen MR) is 84.2 cm³/mol. The van der Waals surface area contributed by atoms with Gasteiger partial charge in [-0.3, -0.25) is 4.79 Å². The van der Waals surface area contributed by atoms with E-state index in [1.165, 1.54) is 17.7 Å². The Labute approximate surface area is 129 Å². The second-order valence-corrected chi connectivity index (χ2v) is 5.88. The summed E-state index contributed by atoms with van der Waals surface area (Å²) in [7, 11) is 0. The molecule has 0 fully saturated rings. The molecule has 3 heteroatoms. The van der Waals surface area contributed by atoms with E-state index in [-0.39, 0.29) is 5.82 Å². The Morgan fingerprint density at radius 3 is 2.29 bits per heavy atom. The highest BCUT2D eigenvalue weighted by Gasteiger charge is 2.19. The van der Waals surface area contributed by atoms with Gasteiger partial charge in [-0.1, -0.05) is 50.2 Å². The van der Waals surface area contributed by atoms with E-state index in [1.807, 2.05) is 12.1 Å². The number of hydrogen-bond acceptors (Lipinski definition) is 1. The van der Waals surface area contributed by atoms with Crippen molar-refractivity contribution in [1.29, 1.82) is 0 Å². The molecule has 21 heavy (non-hydrogen) atoms. The molecule has 0 radical (unpaired) electrons. The Bertz CT molecular complexity index is 619. The minimum Gasteiger partial charge on any atom is -0.281 e.